The fourth-order valence-electron chi connectivity index (χ4n) is 3.72. The molecule has 23 heteroatoms. The lowest BCUT2D eigenvalue weighted by molar-refractivity contribution is -0.146. The van der Waals surface area contributed by atoms with E-state index in [9.17, 15) is 33.6 Å². The van der Waals surface area contributed by atoms with Crippen LogP contribution in [0.4, 0.5) is 34.2 Å². The highest BCUT2D eigenvalue weighted by Gasteiger charge is 2.31. The predicted octanol–water partition coefficient (Wildman–Crippen LogP) is 8.98. The van der Waals surface area contributed by atoms with Crippen LogP contribution in [0.5, 0.6) is 0 Å². The van der Waals surface area contributed by atoms with Gasteiger partial charge in [0, 0.05) is 10.8 Å². The van der Waals surface area contributed by atoms with Crippen molar-refractivity contribution in [3.8, 4) is 0 Å². The Bertz CT molecular complexity index is 1770. The van der Waals surface area contributed by atoms with E-state index in [0.717, 1.165) is 11.3 Å². The molecule has 2 atom stereocenters. The van der Waals surface area contributed by atoms with Gasteiger partial charge in [-0.15, -0.1) is 22.7 Å². The van der Waals surface area contributed by atoms with E-state index in [1.165, 1.54) is 16.7 Å². The maximum Gasteiger partial charge on any atom is 0.519 e. The second-order valence-electron chi connectivity index (χ2n) is 17.5. The monoisotopic (exact) mass is 936 g/mol. The fraction of sp³-hybridized carbons (Fsp3) is 0.675. The molecule has 2 heterocycles. The maximum absolute atomic E-state index is 12.2. The van der Waals surface area contributed by atoms with E-state index in [0.29, 0.717) is 10.8 Å². The minimum absolute atomic E-state index is 0. The number of amides is 3. The third kappa shape index (κ3) is 29.5. The maximum atomic E-state index is 12.2. The van der Waals surface area contributed by atoms with Gasteiger partial charge in [-0.2, -0.15) is 0 Å². The Labute approximate surface area is 378 Å². The summed E-state index contributed by atoms with van der Waals surface area (Å²) >= 11 is 2.26. The van der Waals surface area contributed by atoms with Crippen molar-refractivity contribution in [1.29, 1.82) is 0 Å². The highest BCUT2D eigenvalue weighted by atomic mass is 32.1. The van der Waals surface area contributed by atoms with Crippen LogP contribution in [0.2, 0.25) is 0 Å². The van der Waals surface area contributed by atoms with Gasteiger partial charge < -0.3 is 54.3 Å². The van der Waals surface area contributed by atoms with Crippen LogP contribution in [-0.2, 0) is 47.5 Å². The summed E-state index contributed by atoms with van der Waals surface area (Å²) in [6, 6.07) is -2.19. The number of nitrogens with two attached hydrogens (primary N) is 1. The molecular weight excluding hydrogens is 869 g/mol. The molecule has 3 amide bonds. The van der Waals surface area contributed by atoms with Crippen molar-refractivity contribution in [3.63, 3.8) is 0 Å². The molecule has 21 nitrogen and oxygen atoms in total. The molecular formula is C40H68N6O15S2. The van der Waals surface area contributed by atoms with Gasteiger partial charge in [-0.05, 0) is 118 Å². The molecule has 0 bridgehead atoms. The molecule has 2 aromatic rings. The summed E-state index contributed by atoms with van der Waals surface area (Å²) in [5, 5.41) is 11.0. The van der Waals surface area contributed by atoms with Crippen LogP contribution in [0.15, 0.2) is 10.8 Å². The Morgan fingerprint density at radius 3 is 1.21 bits per heavy atom. The molecule has 0 aliphatic heterocycles. The quantitative estimate of drug-likeness (QED) is 0.104. The van der Waals surface area contributed by atoms with Gasteiger partial charge >= 0.3 is 42.5 Å². The first-order valence-electron chi connectivity index (χ1n) is 19.2. The number of nitrogens with zero attached hydrogens (tertiary/aromatic N) is 2. The number of hydrogen-bond acceptors (Lipinski definition) is 20. The minimum Gasteiger partial charge on any atom is -0.464 e. The van der Waals surface area contributed by atoms with E-state index in [4.69, 9.17) is 38.9 Å². The largest absolute Gasteiger partial charge is 0.519 e. The van der Waals surface area contributed by atoms with Gasteiger partial charge in [-0.3, -0.25) is 5.32 Å². The van der Waals surface area contributed by atoms with E-state index < -0.39 is 82.6 Å². The van der Waals surface area contributed by atoms with E-state index in [-0.39, 0.29) is 31.5 Å². The first-order chi connectivity index (χ1) is 28.0. The number of anilines is 2. The number of esters is 2. The van der Waals surface area contributed by atoms with Crippen LogP contribution in [0.3, 0.4) is 0 Å². The molecule has 360 valence electrons. The Kier molecular flexibility index (Phi) is 24.2. The lowest BCUT2D eigenvalue weighted by Gasteiger charge is -2.22. The summed E-state index contributed by atoms with van der Waals surface area (Å²) < 4.78 is 39.1. The lowest BCUT2D eigenvalue weighted by atomic mass is 10.2. The van der Waals surface area contributed by atoms with E-state index in [1.807, 2.05) is 0 Å². The van der Waals surface area contributed by atoms with E-state index in [1.54, 1.807) is 123 Å². The number of aromatic nitrogens is 2. The third-order valence-electron chi connectivity index (χ3n) is 5.57. The lowest BCUT2D eigenvalue weighted by Crippen LogP contribution is -2.39. The van der Waals surface area contributed by atoms with Gasteiger partial charge in [-0.25, -0.2) is 43.5 Å². The zero-order valence-electron chi connectivity index (χ0n) is 38.6. The first kappa shape index (κ1) is 59.6. The Morgan fingerprint density at radius 1 is 0.556 bits per heavy atom. The Morgan fingerprint density at radius 2 is 0.889 bits per heavy atom. The number of alkyl carbamates (subject to hydrolysis) is 2. The molecule has 0 spiro atoms. The number of rotatable bonds is 9. The molecule has 2 unspecified atom stereocenters. The molecule has 0 aliphatic carbocycles. The van der Waals surface area contributed by atoms with E-state index >= 15 is 0 Å². The van der Waals surface area contributed by atoms with Gasteiger partial charge in [0.2, 0.25) is 0 Å². The minimum atomic E-state index is -1.16. The van der Waals surface area contributed by atoms with Gasteiger partial charge in [0.25, 0.3) is 0 Å². The van der Waals surface area contributed by atoms with Gasteiger partial charge in [0.15, 0.2) is 22.3 Å². The Balaban J connectivity index is 0. The van der Waals surface area contributed by atoms with Crippen LogP contribution in [-0.4, -0.2) is 93.7 Å². The molecule has 5 N–H and O–H groups in total. The summed E-state index contributed by atoms with van der Waals surface area (Å²) in [4.78, 5) is 89.9. The smallest absolute Gasteiger partial charge is 0.464 e. The molecule has 2 aromatic heterocycles. The second kappa shape index (κ2) is 25.6. The predicted molar refractivity (Wildman–Crippen MR) is 236 cm³/mol. The summed E-state index contributed by atoms with van der Waals surface area (Å²) in [6.45, 7) is 29.2. The fourth-order valence-corrected chi connectivity index (χ4v) is 5.03. The number of carbonyl (C=O) groups is 7. The van der Waals surface area contributed by atoms with Crippen LogP contribution < -0.4 is 21.7 Å². The van der Waals surface area contributed by atoms with Crippen molar-refractivity contribution in [2.45, 2.75) is 165 Å². The van der Waals surface area contributed by atoms with Crippen molar-refractivity contribution in [3.05, 3.63) is 22.1 Å². The normalized spacial score (nSPS) is 12.3. The zero-order valence-corrected chi connectivity index (χ0v) is 40.3. The number of carbonyl (C=O) groups excluding carboxylic acids is 7. The number of ether oxygens (including phenoxy) is 8. The molecule has 63 heavy (non-hydrogen) atoms. The highest BCUT2D eigenvalue weighted by Crippen LogP contribution is 2.24. The van der Waals surface area contributed by atoms with Crippen molar-refractivity contribution >= 4 is 75.5 Å². The highest BCUT2D eigenvalue weighted by molar-refractivity contribution is 7.14. The van der Waals surface area contributed by atoms with Crippen LogP contribution >= 0.6 is 22.7 Å². The average Bonchev–Trinajstić information content (AvgIpc) is 3.67. The first-order valence-corrected chi connectivity index (χ1v) is 20.9. The average molecular weight is 937 g/mol. The van der Waals surface area contributed by atoms with Crippen molar-refractivity contribution in [1.82, 2.24) is 20.6 Å². The van der Waals surface area contributed by atoms with E-state index in [2.05, 4.69) is 30.7 Å². The number of nitrogen functional groups attached to an aromatic ring is 1. The van der Waals surface area contributed by atoms with Crippen molar-refractivity contribution < 1.29 is 71.5 Å². The number of nitrogens with one attached hydrogen (secondary N) is 3. The summed E-state index contributed by atoms with van der Waals surface area (Å²) in [6.07, 6.45) is -4.29. The molecule has 0 aromatic carbocycles. The SMILES string of the molecule is C.CC(C)(C)OC(=O)OC(=O)OC(C)(C)C.CCOC(=O)C(NC(=O)OC(C)(C)C)c1csc(N)n1.CCOC(=O)C(NC(=O)OC(C)(C)C)c1csc(NC(=O)OC(C)(C)C)n1. The molecule has 0 saturated carbocycles. The van der Waals surface area contributed by atoms with Gasteiger partial charge in [0.1, 0.15) is 28.0 Å². The molecule has 0 saturated heterocycles. The van der Waals surface area contributed by atoms with Crippen molar-refractivity contribution in [2.75, 3.05) is 24.3 Å². The number of hydrogen-bond donors (Lipinski definition) is 4. The summed E-state index contributed by atoms with van der Waals surface area (Å²) in [5.41, 5.74) is 2.65. The molecule has 2 rings (SSSR count). The number of thiazole rings is 2. The Hall–Kier alpha value is -5.45. The molecule has 0 aliphatic rings. The standard InChI is InChI=1S/C17H27N3O6S.C12H19N3O4S.C10H18O5.CH4/c1-8-24-12(21)11(19-14(22)25-16(2,3)4)10-9-27-13(18-10)20-15(23)26-17(5,6)7;1-5-18-9(16)8(7-6-20-10(13)14-7)15-11(17)19-12(2,3)4;1-9(2,3)14-7(11)13-8(12)15-10(4,5)6;/h9,11H,8H2,1-7H3,(H,19,22)(H,18,20,23);6,8H,5H2,1-4H3,(H2,13,14)(H,15,17);1-6H3;1H4. The van der Waals surface area contributed by atoms with Crippen LogP contribution in [0, 0.1) is 0 Å². The van der Waals surface area contributed by atoms with Crippen LogP contribution in [0.25, 0.3) is 0 Å². The third-order valence-corrected chi connectivity index (χ3v) is 7.04. The van der Waals surface area contributed by atoms with Crippen molar-refractivity contribution in [2.24, 2.45) is 0 Å². The summed E-state index contributed by atoms with van der Waals surface area (Å²) in [5.74, 6) is -1.29. The zero-order chi connectivity index (χ0) is 48.4. The molecule has 0 fully saturated rings. The topological polar surface area (TPSA) is 281 Å². The van der Waals surface area contributed by atoms with Gasteiger partial charge in [-0.1, -0.05) is 7.43 Å². The molecule has 0 radical (unpaired) electrons. The summed E-state index contributed by atoms with van der Waals surface area (Å²) in [7, 11) is 0. The van der Waals surface area contributed by atoms with Gasteiger partial charge in [0.05, 0.1) is 24.6 Å². The van der Waals surface area contributed by atoms with Crippen LogP contribution in [0.1, 0.15) is 149 Å². The second-order valence-corrected chi connectivity index (χ2v) is 19.3.